The zero-order valence-electron chi connectivity index (χ0n) is 12.9. The van der Waals surface area contributed by atoms with Crippen LogP contribution in [0.1, 0.15) is 45.8 Å². The third-order valence-electron chi connectivity index (χ3n) is 3.69. The van der Waals surface area contributed by atoms with Gasteiger partial charge < -0.3 is 0 Å². The highest BCUT2D eigenvalue weighted by Gasteiger charge is 2.17. The van der Waals surface area contributed by atoms with E-state index in [1.54, 1.807) is 0 Å². The number of carbonyl (C=O) groups excluding carboxylic acids is 1. The average Bonchev–Trinajstić information content (AvgIpc) is 2.48. The summed E-state index contributed by atoms with van der Waals surface area (Å²) >= 11 is 12.7. The Kier molecular flexibility index (Phi) is 6.05. The topological polar surface area (TPSA) is 17.1 Å². The molecular weight excluding hydrogens is 315 g/mol. The van der Waals surface area contributed by atoms with Crippen molar-refractivity contribution in [3.8, 4) is 0 Å². The van der Waals surface area contributed by atoms with Crippen molar-refractivity contribution in [3.63, 3.8) is 0 Å². The number of aryl methyl sites for hydroxylation is 2. The molecule has 0 aliphatic carbocycles. The van der Waals surface area contributed by atoms with E-state index in [1.807, 2.05) is 62.4 Å². The predicted molar refractivity (Wildman–Crippen MR) is 93.8 cm³/mol. The van der Waals surface area contributed by atoms with Gasteiger partial charge in [-0.1, -0.05) is 59.7 Å². The Balaban J connectivity index is 1.91. The van der Waals surface area contributed by atoms with Crippen molar-refractivity contribution in [2.45, 2.75) is 37.4 Å². The lowest BCUT2D eigenvalue weighted by molar-refractivity contribution is -0.119. The van der Waals surface area contributed by atoms with Gasteiger partial charge in [0, 0.05) is 12.8 Å². The van der Waals surface area contributed by atoms with Gasteiger partial charge in [0.2, 0.25) is 0 Å². The molecule has 2 atom stereocenters. The van der Waals surface area contributed by atoms with Crippen LogP contribution in [0.2, 0.25) is 0 Å². The van der Waals surface area contributed by atoms with Crippen LogP contribution in [0.5, 0.6) is 0 Å². The maximum absolute atomic E-state index is 12.2. The first kappa shape index (κ1) is 17.1. The van der Waals surface area contributed by atoms with Crippen molar-refractivity contribution < 1.29 is 4.79 Å². The summed E-state index contributed by atoms with van der Waals surface area (Å²) in [5, 5.41) is -0.593. The van der Waals surface area contributed by atoms with Crippen LogP contribution in [0.3, 0.4) is 0 Å². The van der Waals surface area contributed by atoms with Crippen molar-refractivity contribution in [1.82, 2.24) is 0 Å². The molecule has 3 heteroatoms. The highest BCUT2D eigenvalue weighted by molar-refractivity contribution is 6.23. The molecule has 0 aliphatic heterocycles. The quantitative estimate of drug-likeness (QED) is 0.600. The molecule has 22 heavy (non-hydrogen) atoms. The molecule has 0 bridgehead atoms. The van der Waals surface area contributed by atoms with Crippen LogP contribution >= 0.6 is 23.2 Å². The Labute approximate surface area is 142 Å². The summed E-state index contributed by atoms with van der Waals surface area (Å²) in [7, 11) is 0. The summed E-state index contributed by atoms with van der Waals surface area (Å²) in [6.07, 6.45) is 0.611. The minimum absolute atomic E-state index is 0.0844. The second kappa shape index (κ2) is 7.80. The molecule has 0 spiro atoms. The Morgan fingerprint density at radius 3 is 1.41 bits per heavy atom. The molecule has 0 radical (unpaired) electrons. The van der Waals surface area contributed by atoms with Gasteiger partial charge in [0.25, 0.3) is 0 Å². The van der Waals surface area contributed by atoms with E-state index in [-0.39, 0.29) is 16.5 Å². The minimum atomic E-state index is -0.296. The van der Waals surface area contributed by atoms with Crippen LogP contribution in [0, 0.1) is 13.8 Å². The van der Waals surface area contributed by atoms with Gasteiger partial charge in [0.15, 0.2) is 0 Å². The van der Waals surface area contributed by atoms with E-state index in [9.17, 15) is 4.79 Å². The average molecular weight is 335 g/mol. The van der Waals surface area contributed by atoms with Crippen LogP contribution in [0.25, 0.3) is 0 Å². The van der Waals surface area contributed by atoms with Gasteiger partial charge >= 0.3 is 0 Å². The van der Waals surface area contributed by atoms with Crippen LogP contribution in [-0.4, -0.2) is 5.78 Å². The van der Waals surface area contributed by atoms with E-state index in [0.29, 0.717) is 12.8 Å². The molecule has 0 saturated carbocycles. The third kappa shape index (κ3) is 4.86. The molecule has 0 fully saturated rings. The van der Waals surface area contributed by atoms with Crippen molar-refractivity contribution >= 4 is 29.0 Å². The largest absolute Gasteiger partial charge is 0.300 e. The molecule has 0 saturated heterocycles. The zero-order valence-corrected chi connectivity index (χ0v) is 14.4. The lowest BCUT2D eigenvalue weighted by atomic mass is 10.0. The molecule has 0 amide bonds. The summed E-state index contributed by atoms with van der Waals surface area (Å²) in [5.41, 5.74) is 4.31. The number of alkyl halides is 2. The van der Waals surface area contributed by atoms with Gasteiger partial charge in [-0.15, -0.1) is 23.2 Å². The van der Waals surface area contributed by atoms with Crippen LogP contribution < -0.4 is 0 Å². The first-order valence-corrected chi connectivity index (χ1v) is 8.26. The Bertz CT molecular complexity index is 561. The summed E-state index contributed by atoms with van der Waals surface area (Å²) in [4.78, 5) is 12.2. The normalized spacial score (nSPS) is 13.6. The highest BCUT2D eigenvalue weighted by Crippen LogP contribution is 2.29. The van der Waals surface area contributed by atoms with Crippen molar-refractivity contribution in [3.05, 3.63) is 70.8 Å². The van der Waals surface area contributed by atoms with E-state index < -0.39 is 0 Å². The number of halogens is 2. The second-order valence-electron chi connectivity index (χ2n) is 5.70. The van der Waals surface area contributed by atoms with Gasteiger partial charge in [-0.05, 0) is 25.0 Å². The van der Waals surface area contributed by atoms with Crippen LogP contribution in [0.15, 0.2) is 48.5 Å². The number of carbonyl (C=O) groups is 1. The SMILES string of the molecule is Cc1ccc(C(Cl)CC(=O)CC(Cl)c2ccc(C)cc2)cc1. The predicted octanol–water partition coefficient (Wildman–Crippen LogP) is 5.91. The van der Waals surface area contributed by atoms with Crippen molar-refractivity contribution in [2.24, 2.45) is 0 Å². The molecular formula is C19H20Cl2O. The number of hydrogen-bond donors (Lipinski definition) is 0. The summed E-state index contributed by atoms with van der Waals surface area (Å²) in [6, 6.07) is 15.9. The summed E-state index contributed by atoms with van der Waals surface area (Å²) < 4.78 is 0. The van der Waals surface area contributed by atoms with Gasteiger partial charge in [-0.3, -0.25) is 4.79 Å². The zero-order chi connectivity index (χ0) is 16.1. The fourth-order valence-electron chi connectivity index (χ4n) is 2.27. The maximum atomic E-state index is 12.2. The number of Topliss-reactive ketones (excluding diaryl/α,β-unsaturated/α-hetero) is 1. The molecule has 2 rings (SSSR count). The van der Waals surface area contributed by atoms with Gasteiger partial charge in [0.1, 0.15) is 5.78 Å². The summed E-state index contributed by atoms with van der Waals surface area (Å²) in [6.45, 7) is 4.05. The van der Waals surface area contributed by atoms with Gasteiger partial charge in [-0.2, -0.15) is 0 Å². The maximum Gasteiger partial charge on any atom is 0.136 e. The lowest BCUT2D eigenvalue weighted by Crippen LogP contribution is -2.06. The first-order valence-electron chi connectivity index (χ1n) is 7.38. The fourth-order valence-corrected chi connectivity index (χ4v) is 2.90. The molecule has 2 unspecified atom stereocenters. The van der Waals surface area contributed by atoms with E-state index in [4.69, 9.17) is 23.2 Å². The number of ketones is 1. The smallest absolute Gasteiger partial charge is 0.136 e. The third-order valence-corrected chi connectivity index (χ3v) is 4.50. The van der Waals surface area contributed by atoms with E-state index in [0.717, 1.165) is 11.1 Å². The van der Waals surface area contributed by atoms with E-state index in [1.165, 1.54) is 11.1 Å². The standard InChI is InChI=1S/C19H20Cl2O/c1-13-3-7-15(8-4-13)18(20)11-17(22)12-19(21)16-9-5-14(2)6-10-16/h3-10,18-19H,11-12H2,1-2H3. The van der Waals surface area contributed by atoms with Crippen LogP contribution in [-0.2, 0) is 4.79 Å². The number of benzene rings is 2. The molecule has 1 nitrogen and oxygen atoms in total. The Morgan fingerprint density at radius 2 is 1.09 bits per heavy atom. The minimum Gasteiger partial charge on any atom is -0.300 e. The van der Waals surface area contributed by atoms with Crippen molar-refractivity contribution in [1.29, 1.82) is 0 Å². The molecule has 0 heterocycles. The molecule has 0 N–H and O–H groups in total. The van der Waals surface area contributed by atoms with Crippen LogP contribution in [0.4, 0.5) is 0 Å². The Morgan fingerprint density at radius 1 is 0.773 bits per heavy atom. The molecule has 0 aromatic heterocycles. The first-order chi connectivity index (χ1) is 10.5. The molecule has 116 valence electrons. The molecule has 2 aromatic rings. The highest BCUT2D eigenvalue weighted by atomic mass is 35.5. The summed E-state index contributed by atoms with van der Waals surface area (Å²) in [5.74, 6) is 0.0844. The second-order valence-corrected chi connectivity index (χ2v) is 6.76. The van der Waals surface area contributed by atoms with E-state index >= 15 is 0 Å². The molecule has 0 aliphatic rings. The Hall–Kier alpha value is -1.31. The lowest BCUT2D eigenvalue weighted by Gasteiger charge is -2.12. The monoisotopic (exact) mass is 334 g/mol. The number of rotatable bonds is 6. The number of hydrogen-bond acceptors (Lipinski definition) is 1. The van der Waals surface area contributed by atoms with E-state index in [2.05, 4.69) is 0 Å². The van der Waals surface area contributed by atoms with Gasteiger partial charge in [-0.25, -0.2) is 0 Å². The van der Waals surface area contributed by atoms with Crippen molar-refractivity contribution in [2.75, 3.05) is 0 Å². The molecule has 2 aromatic carbocycles. The van der Waals surface area contributed by atoms with Gasteiger partial charge in [0.05, 0.1) is 10.8 Å². The fraction of sp³-hybridized carbons (Fsp3) is 0.316.